The summed E-state index contributed by atoms with van der Waals surface area (Å²) in [4.78, 5) is 12.2. The summed E-state index contributed by atoms with van der Waals surface area (Å²) >= 11 is 0. The Kier molecular flexibility index (Phi) is 20.6. The van der Waals surface area contributed by atoms with E-state index in [9.17, 15) is 56.7 Å². The molecule has 2 heterocycles. The lowest BCUT2D eigenvalue weighted by molar-refractivity contribution is -0.438. The Morgan fingerprint density at radius 3 is 1.85 bits per heavy atom. The topological polar surface area (TPSA) is 301 Å². The van der Waals surface area contributed by atoms with Gasteiger partial charge in [-0.05, 0) is 94.3 Å². The minimum absolute atomic E-state index is 0.0285. The van der Waals surface area contributed by atoms with Gasteiger partial charge >= 0.3 is 5.97 Å². The number of fused-ring (bicyclic) bond motifs is 2. The van der Waals surface area contributed by atoms with Crippen molar-refractivity contribution in [3.8, 4) is 0 Å². The number of carboxylic acids is 1. The molecule has 2 aromatic carbocycles. The van der Waals surface area contributed by atoms with E-state index in [-0.39, 0.29) is 63.4 Å². The molecular formula is C44H62N2O18S4. The number of allylic oxidation sites excluding steroid dienone is 6. The van der Waals surface area contributed by atoms with Crippen LogP contribution in [0.4, 0.5) is 11.4 Å². The van der Waals surface area contributed by atoms with Crippen LogP contribution in [0.1, 0.15) is 76.3 Å². The largest absolute Gasteiger partial charge is 0.744 e. The molecule has 0 fully saturated rings. The summed E-state index contributed by atoms with van der Waals surface area (Å²) in [5.74, 6) is -2.11. The van der Waals surface area contributed by atoms with Crippen LogP contribution in [0.3, 0.4) is 0 Å². The van der Waals surface area contributed by atoms with Crippen LogP contribution >= 0.6 is 0 Å². The molecule has 20 nitrogen and oxygen atoms in total. The van der Waals surface area contributed by atoms with Crippen molar-refractivity contribution in [1.82, 2.24) is 0 Å². The lowest BCUT2D eigenvalue weighted by atomic mass is 9.76. The Balaban J connectivity index is 1.75. The molecule has 4 rings (SSSR count). The van der Waals surface area contributed by atoms with Gasteiger partial charge in [-0.3, -0.25) is 18.5 Å². The van der Waals surface area contributed by atoms with Crippen LogP contribution in [0.5, 0.6) is 0 Å². The molecule has 0 spiro atoms. The molecule has 68 heavy (non-hydrogen) atoms. The Hall–Kier alpha value is -3.92. The quantitative estimate of drug-likeness (QED) is 0.0346. The van der Waals surface area contributed by atoms with Gasteiger partial charge in [0.15, 0.2) is 5.71 Å². The third-order valence-electron chi connectivity index (χ3n) is 11.8. The maximum absolute atomic E-state index is 12.4. The number of benzene rings is 2. The first-order valence-corrected chi connectivity index (χ1v) is 27.9. The third-order valence-corrected chi connectivity index (χ3v) is 15.1. The van der Waals surface area contributed by atoms with Crippen LogP contribution in [0, 0.1) is 0 Å². The minimum atomic E-state index is -4.91. The van der Waals surface area contributed by atoms with Crippen molar-refractivity contribution in [2.45, 2.75) is 85.8 Å². The van der Waals surface area contributed by atoms with E-state index in [4.69, 9.17) is 24.1 Å². The molecule has 4 N–H and O–H groups in total. The summed E-state index contributed by atoms with van der Waals surface area (Å²) in [7, 11) is -16.7. The average Bonchev–Trinajstić information content (AvgIpc) is 3.60. The number of rotatable bonds is 31. The second kappa shape index (κ2) is 24.8. The van der Waals surface area contributed by atoms with E-state index in [1.807, 2.05) is 9.48 Å². The van der Waals surface area contributed by atoms with E-state index in [1.165, 1.54) is 36.4 Å². The Morgan fingerprint density at radius 2 is 1.28 bits per heavy atom. The molecule has 0 bridgehead atoms. The highest BCUT2D eigenvalue weighted by Gasteiger charge is 2.48. The Bertz CT molecular complexity index is 2660. The van der Waals surface area contributed by atoms with Gasteiger partial charge < -0.3 is 33.5 Å². The van der Waals surface area contributed by atoms with E-state index >= 15 is 0 Å². The third kappa shape index (κ3) is 16.3. The van der Waals surface area contributed by atoms with Crippen molar-refractivity contribution in [2.24, 2.45) is 0 Å². The van der Waals surface area contributed by atoms with Gasteiger partial charge in [0.1, 0.15) is 16.7 Å². The molecule has 0 radical (unpaired) electrons. The minimum Gasteiger partial charge on any atom is -0.744 e. The van der Waals surface area contributed by atoms with E-state index < -0.39 is 73.7 Å². The van der Waals surface area contributed by atoms with Gasteiger partial charge in [-0.15, -0.1) is 0 Å². The Labute approximate surface area is 399 Å². The SMILES string of the molecule is COCCOCCOCCOCCN1C(=CC=CC=CC2=[N+](CCCCCC(=O)O)c3ccc(S(=O)(=O)[O-])cc3C2(C)CCCS(=O)(=O)O)C(C)(CCCS(=O)(=O)O)c2cc(S(=O)(=O)O)ccc21. The number of nitrogens with zero attached hydrogens (tertiary/aromatic N) is 2. The molecule has 24 heteroatoms. The highest BCUT2D eigenvalue weighted by Crippen LogP contribution is 2.51. The molecule has 2 aliphatic heterocycles. The van der Waals surface area contributed by atoms with Crippen LogP contribution < -0.4 is 4.90 Å². The van der Waals surface area contributed by atoms with Crippen LogP contribution in [-0.2, 0) is 75.0 Å². The number of carboxylic acid groups (broad SMARTS) is 1. The fourth-order valence-corrected chi connectivity index (χ4v) is 10.5. The van der Waals surface area contributed by atoms with Crippen LogP contribution in [0.15, 0.2) is 82.3 Å². The monoisotopic (exact) mass is 1030 g/mol. The standard InChI is InChI=1S/C44H62N2O18S4/c1-43(19-10-30-65(49,50)51)36-32-34(67(55,56)57)15-17-38(36)45(21-9-5-8-14-42(47)48)40(43)12-6-4-7-13-41-44(2,20-11-31-66(52,53)54)37-33-35(68(58,59)60)16-18-39(37)46(41)22-23-62-26-27-64-29-28-63-25-24-61-3/h4,6-7,12-13,15-18,32-33H,5,8-11,14,19-31H2,1-3H3,(H4-,47,48,49,50,51,52,53,54,55,56,57,58,59,60). The van der Waals surface area contributed by atoms with Gasteiger partial charge in [-0.2, -0.15) is 29.8 Å². The Morgan fingerprint density at radius 1 is 0.706 bits per heavy atom. The van der Waals surface area contributed by atoms with Gasteiger partial charge in [0.2, 0.25) is 5.69 Å². The first kappa shape index (κ1) is 56.7. The van der Waals surface area contributed by atoms with Crippen molar-refractivity contribution in [3.63, 3.8) is 0 Å². The summed E-state index contributed by atoms with van der Waals surface area (Å²) in [5.41, 5.74) is 1.05. The fraction of sp³-hybridized carbons (Fsp3) is 0.545. The number of carbonyl (C=O) groups is 1. The maximum Gasteiger partial charge on any atom is 0.303 e. The number of ether oxygens (including phenoxy) is 4. The molecule has 0 aliphatic carbocycles. The molecule has 0 aromatic heterocycles. The van der Waals surface area contributed by atoms with E-state index in [0.717, 1.165) is 0 Å². The number of anilines is 1. The molecule has 0 saturated heterocycles. The molecule has 2 aliphatic rings. The van der Waals surface area contributed by atoms with Crippen LogP contribution in [-0.4, -0.2) is 151 Å². The maximum atomic E-state index is 12.4. The van der Waals surface area contributed by atoms with E-state index in [1.54, 1.807) is 51.3 Å². The van der Waals surface area contributed by atoms with Crippen LogP contribution in [0.2, 0.25) is 0 Å². The smallest absolute Gasteiger partial charge is 0.303 e. The predicted octanol–water partition coefficient (Wildman–Crippen LogP) is 4.65. The van der Waals surface area contributed by atoms with E-state index in [0.29, 0.717) is 86.1 Å². The van der Waals surface area contributed by atoms with Gasteiger partial charge in [0.25, 0.3) is 30.4 Å². The van der Waals surface area contributed by atoms with Crippen molar-refractivity contribution in [1.29, 1.82) is 0 Å². The molecule has 2 unspecified atom stereocenters. The first-order valence-electron chi connectivity index (χ1n) is 21.9. The van der Waals surface area contributed by atoms with Gasteiger partial charge in [0.05, 0.1) is 73.0 Å². The zero-order chi connectivity index (χ0) is 50.4. The van der Waals surface area contributed by atoms with Crippen molar-refractivity contribution < 1.29 is 85.3 Å². The summed E-state index contributed by atoms with van der Waals surface area (Å²) < 4.78 is 161. The van der Waals surface area contributed by atoms with Gasteiger partial charge in [-0.25, -0.2) is 8.42 Å². The average molecular weight is 1040 g/mol. The predicted molar refractivity (Wildman–Crippen MR) is 251 cm³/mol. The van der Waals surface area contributed by atoms with Crippen molar-refractivity contribution >= 4 is 63.5 Å². The second-order valence-electron chi connectivity index (χ2n) is 16.7. The molecule has 2 aromatic rings. The zero-order valence-electron chi connectivity index (χ0n) is 38.3. The fourth-order valence-electron chi connectivity index (χ4n) is 8.52. The highest BCUT2D eigenvalue weighted by molar-refractivity contribution is 7.86. The van der Waals surface area contributed by atoms with Crippen molar-refractivity contribution in [3.05, 3.63) is 83.6 Å². The molecular weight excluding hydrogens is 973 g/mol. The van der Waals surface area contributed by atoms with Crippen molar-refractivity contribution in [2.75, 3.05) is 82.9 Å². The highest BCUT2D eigenvalue weighted by atomic mass is 32.2. The molecule has 0 saturated carbocycles. The summed E-state index contributed by atoms with van der Waals surface area (Å²) in [6, 6.07) is 8.07. The van der Waals surface area contributed by atoms with E-state index in [2.05, 4.69) is 0 Å². The number of hydrogen-bond acceptors (Lipinski definition) is 15. The summed E-state index contributed by atoms with van der Waals surface area (Å²) in [6.07, 6.45) is 10.1. The lowest BCUT2D eigenvalue weighted by Gasteiger charge is -2.30. The molecule has 380 valence electrons. The number of aliphatic carboxylic acids is 1. The summed E-state index contributed by atoms with van der Waals surface area (Å²) in [5, 5.41) is 9.16. The summed E-state index contributed by atoms with van der Waals surface area (Å²) in [6.45, 7) is 6.44. The first-order chi connectivity index (χ1) is 31.8. The lowest BCUT2D eigenvalue weighted by Crippen LogP contribution is -2.32. The zero-order valence-corrected chi connectivity index (χ0v) is 41.6. The number of hydrogen-bond donors (Lipinski definition) is 4. The normalized spacial score (nSPS) is 19.5. The second-order valence-corrected chi connectivity index (χ2v) is 22.7. The van der Waals surface area contributed by atoms with Gasteiger partial charge in [0, 0.05) is 61.0 Å². The molecule has 0 amide bonds. The van der Waals surface area contributed by atoms with Gasteiger partial charge in [-0.1, -0.05) is 18.2 Å². The number of unbranched alkanes of at least 4 members (excludes halogenated alkanes) is 2. The molecule has 2 atom stereocenters. The number of methoxy groups -OCH3 is 1. The van der Waals surface area contributed by atoms with Crippen LogP contribution in [0.25, 0.3) is 0 Å².